The van der Waals surface area contributed by atoms with Crippen LogP contribution >= 0.6 is 34.2 Å². The standard InChI is InChI=1S/C10H8ClIN2/c11-5-8-3-1-2-4-10(8)14-7-9(12)6-13-14/h1-4,6-7H,5H2. The summed E-state index contributed by atoms with van der Waals surface area (Å²) in [6.07, 6.45) is 3.80. The van der Waals surface area contributed by atoms with Crippen molar-refractivity contribution in [3.63, 3.8) is 0 Å². The molecule has 0 atom stereocenters. The van der Waals surface area contributed by atoms with Crippen LogP contribution in [0.1, 0.15) is 5.56 Å². The summed E-state index contributed by atoms with van der Waals surface area (Å²) in [5.74, 6) is 0.507. The Bertz CT molecular complexity index is 439. The molecule has 2 nitrogen and oxygen atoms in total. The van der Waals surface area contributed by atoms with Crippen LogP contribution in [0, 0.1) is 3.57 Å². The lowest BCUT2D eigenvalue weighted by Crippen LogP contribution is -1.98. The summed E-state index contributed by atoms with van der Waals surface area (Å²) in [7, 11) is 0. The highest BCUT2D eigenvalue weighted by atomic mass is 127. The van der Waals surface area contributed by atoms with Gasteiger partial charge in [-0.25, -0.2) is 4.68 Å². The van der Waals surface area contributed by atoms with Gasteiger partial charge in [0.25, 0.3) is 0 Å². The summed E-state index contributed by atoms with van der Waals surface area (Å²) in [6.45, 7) is 0. The maximum absolute atomic E-state index is 5.85. The first kappa shape index (κ1) is 9.98. The second-order valence-electron chi connectivity index (χ2n) is 2.87. The van der Waals surface area contributed by atoms with E-state index in [0.29, 0.717) is 5.88 Å². The van der Waals surface area contributed by atoms with Gasteiger partial charge in [-0.05, 0) is 34.2 Å². The molecule has 0 radical (unpaired) electrons. The van der Waals surface area contributed by atoms with Gasteiger partial charge in [-0.2, -0.15) is 5.10 Å². The second kappa shape index (κ2) is 4.31. The molecule has 14 heavy (non-hydrogen) atoms. The molecule has 4 heteroatoms. The Hall–Kier alpha value is -0.550. The highest BCUT2D eigenvalue weighted by Gasteiger charge is 2.03. The molecule has 0 bridgehead atoms. The first-order valence-corrected chi connectivity index (χ1v) is 5.77. The normalized spacial score (nSPS) is 10.4. The first-order valence-electron chi connectivity index (χ1n) is 4.15. The Morgan fingerprint density at radius 1 is 1.36 bits per heavy atom. The zero-order valence-electron chi connectivity index (χ0n) is 7.32. The number of rotatable bonds is 2. The molecule has 0 aliphatic carbocycles. The van der Waals surface area contributed by atoms with E-state index in [0.717, 1.165) is 14.8 Å². The molecular weight excluding hydrogens is 310 g/mol. The molecule has 1 aromatic carbocycles. The molecule has 2 rings (SSSR count). The molecule has 0 saturated heterocycles. The second-order valence-corrected chi connectivity index (χ2v) is 4.38. The number of aromatic nitrogens is 2. The van der Waals surface area contributed by atoms with E-state index < -0.39 is 0 Å². The van der Waals surface area contributed by atoms with Gasteiger partial charge < -0.3 is 0 Å². The highest BCUT2D eigenvalue weighted by molar-refractivity contribution is 14.1. The van der Waals surface area contributed by atoms with Gasteiger partial charge in [0.15, 0.2) is 0 Å². The van der Waals surface area contributed by atoms with E-state index >= 15 is 0 Å². The lowest BCUT2D eigenvalue weighted by molar-refractivity contribution is 0.871. The van der Waals surface area contributed by atoms with E-state index in [9.17, 15) is 0 Å². The largest absolute Gasteiger partial charge is 0.240 e. The van der Waals surface area contributed by atoms with Crippen LogP contribution in [0.5, 0.6) is 0 Å². The summed E-state index contributed by atoms with van der Waals surface area (Å²) >= 11 is 8.08. The molecule has 0 aliphatic rings. The Morgan fingerprint density at radius 2 is 2.14 bits per heavy atom. The lowest BCUT2D eigenvalue weighted by Gasteiger charge is -2.05. The average Bonchev–Trinajstić information content (AvgIpc) is 2.65. The van der Waals surface area contributed by atoms with Crippen LogP contribution in [0.3, 0.4) is 0 Å². The first-order chi connectivity index (χ1) is 6.81. The summed E-state index contributed by atoms with van der Waals surface area (Å²) in [4.78, 5) is 0. The lowest BCUT2D eigenvalue weighted by atomic mass is 10.2. The maximum atomic E-state index is 5.85. The number of benzene rings is 1. The van der Waals surface area contributed by atoms with Crippen LogP contribution < -0.4 is 0 Å². The van der Waals surface area contributed by atoms with Crippen molar-refractivity contribution in [2.75, 3.05) is 0 Å². The summed E-state index contributed by atoms with van der Waals surface area (Å²) < 4.78 is 2.96. The molecule has 1 heterocycles. The van der Waals surface area contributed by atoms with Crippen LogP contribution in [0.4, 0.5) is 0 Å². The number of nitrogens with zero attached hydrogens (tertiary/aromatic N) is 2. The Kier molecular flexibility index (Phi) is 3.08. The quantitative estimate of drug-likeness (QED) is 0.614. The third kappa shape index (κ3) is 1.93. The summed E-state index contributed by atoms with van der Waals surface area (Å²) in [5, 5.41) is 4.25. The zero-order valence-corrected chi connectivity index (χ0v) is 10.2. The zero-order chi connectivity index (χ0) is 9.97. The highest BCUT2D eigenvalue weighted by Crippen LogP contribution is 2.16. The van der Waals surface area contributed by atoms with Crippen LogP contribution in [0.15, 0.2) is 36.7 Å². The molecule has 0 saturated carbocycles. The fourth-order valence-corrected chi connectivity index (χ4v) is 1.89. The van der Waals surface area contributed by atoms with Crippen molar-refractivity contribution >= 4 is 34.2 Å². The minimum atomic E-state index is 0.507. The monoisotopic (exact) mass is 318 g/mol. The molecule has 0 aliphatic heterocycles. The van der Waals surface area contributed by atoms with Gasteiger partial charge in [0.2, 0.25) is 0 Å². The van der Waals surface area contributed by atoms with Crippen LogP contribution in [0.25, 0.3) is 5.69 Å². The number of halogens is 2. The number of alkyl halides is 1. The molecule has 0 amide bonds. The van der Waals surface area contributed by atoms with Gasteiger partial charge in [-0.3, -0.25) is 0 Å². The fourth-order valence-electron chi connectivity index (χ4n) is 1.28. The number of hydrogen-bond acceptors (Lipinski definition) is 1. The Balaban J connectivity index is 2.50. The molecule has 0 N–H and O–H groups in total. The predicted molar refractivity (Wildman–Crippen MR) is 65.8 cm³/mol. The van der Waals surface area contributed by atoms with E-state index in [4.69, 9.17) is 11.6 Å². The SMILES string of the molecule is ClCc1ccccc1-n1cc(I)cn1. The Labute approximate surface area is 101 Å². The molecule has 2 aromatic rings. The van der Waals surface area contributed by atoms with Gasteiger partial charge in [0, 0.05) is 12.1 Å². The van der Waals surface area contributed by atoms with Crippen LogP contribution in [-0.2, 0) is 5.88 Å². The predicted octanol–water partition coefficient (Wildman–Crippen LogP) is 3.22. The van der Waals surface area contributed by atoms with Crippen molar-refractivity contribution in [2.24, 2.45) is 0 Å². The fraction of sp³-hybridized carbons (Fsp3) is 0.100. The van der Waals surface area contributed by atoms with Crippen molar-refractivity contribution < 1.29 is 0 Å². The molecule has 0 fully saturated rings. The van der Waals surface area contributed by atoms with Crippen molar-refractivity contribution in [3.8, 4) is 5.69 Å². The number of para-hydroxylation sites is 1. The van der Waals surface area contributed by atoms with E-state index in [-0.39, 0.29) is 0 Å². The average molecular weight is 319 g/mol. The third-order valence-electron chi connectivity index (χ3n) is 1.93. The molecule has 1 aromatic heterocycles. The van der Waals surface area contributed by atoms with Crippen molar-refractivity contribution in [1.82, 2.24) is 9.78 Å². The molecular formula is C10H8ClIN2. The molecule has 72 valence electrons. The van der Waals surface area contributed by atoms with Crippen LogP contribution in [0.2, 0.25) is 0 Å². The smallest absolute Gasteiger partial charge is 0.0690 e. The van der Waals surface area contributed by atoms with Gasteiger partial charge in [-0.1, -0.05) is 18.2 Å². The minimum Gasteiger partial charge on any atom is -0.240 e. The summed E-state index contributed by atoms with van der Waals surface area (Å²) in [5.41, 5.74) is 2.14. The van der Waals surface area contributed by atoms with Gasteiger partial charge >= 0.3 is 0 Å². The van der Waals surface area contributed by atoms with E-state index in [1.165, 1.54) is 0 Å². The number of hydrogen-bond donors (Lipinski definition) is 0. The van der Waals surface area contributed by atoms with Crippen LogP contribution in [-0.4, -0.2) is 9.78 Å². The topological polar surface area (TPSA) is 17.8 Å². The Morgan fingerprint density at radius 3 is 2.79 bits per heavy atom. The van der Waals surface area contributed by atoms with Gasteiger partial charge in [0.05, 0.1) is 15.5 Å². The van der Waals surface area contributed by atoms with E-state index in [2.05, 4.69) is 27.7 Å². The minimum absolute atomic E-state index is 0.507. The summed E-state index contributed by atoms with van der Waals surface area (Å²) in [6, 6.07) is 7.99. The molecule has 0 spiro atoms. The van der Waals surface area contributed by atoms with Crippen molar-refractivity contribution in [1.29, 1.82) is 0 Å². The van der Waals surface area contributed by atoms with E-state index in [1.54, 1.807) is 0 Å². The molecule has 0 unspecified atom stereocenters. The van der Waals surface area contributed by atoms with Gasteiger partial charge in [-0.15, -0.1) is 11.6 Å². The maximum Gasteiger partial charge on any atom is 0.0690 e. The van der Waals surface area contributed by atoms with E-state index in [1.807, 2.05) is 41.3 Å². The third-order valence-corrected chi connectivity index (χ3v) is 2.78. The van der Waals surface area contributed by atoms with Gasteiger partial charge in [0.1, 0.15) is 0 Å². The van der Waals surface area contributed by atoms with Crippen molar-refractivity contribution in [3.05, 3.63) is 45.8 Å². The van der Waals surface area contributed by atoms with Crippen molar-refractivity contribution in [2.45, 2.75) is 5.88 Å².